The highest BCUT2D eigenvalue weighted by atomic mass is 32.2. The minimum Gasteiger partial charge on any atom is -0.504 e. The van der Waals surface area contributed by atoms with E-state index in [2.05, 4.69) is 9.50 Å². The van der Waals surface area contributed by atoms with Crippen LogP contribution in [0.1, 0.15) is 16.7 Å². The van der Waals surface area contributed by atoms with Crippen LogP contribution < -0.4 is 4.74 Å². The van der Waals surface area contributed by atoms with Crippen molar-refractivity contribution in [2.75, 3.05) is 14.2 Å². The second kappa shape index (κ2) is 6.64. The van der Waals surface area contributed by atoms with Crippen molar-refractivity contribution < 1.29 is 18.4 Å². The second-order valence-electron chi connectivity index (χ2n) is 5.46. The molecule has 0 spiro atoms. The summed E-state index contributed by atoms with van der Waals surface area (Å²) in [6, 6.07) is 7.43. The number of ether oxygens (including phenoxy) is 1. The van der Waals surface area contributed by atoms with Crippen molar-refractivity contribution in [3.05, 3.63) is 52.8 Å². The molecule has 1 N–H and O–H groups in total. The Hall–Kier alpha value is -2.74. The number of rotatable bonds is 3. The molecule has 0 fully saturated rings. The molecule has 6 nitrogen and oxygen atoms in total. The first-order chi connectivity index (χ1) is 11.9. The van der Waals surface area contributed by atoms with Crippen LogP contribution in [-0.2, 0) is 11.0 Å². The summed E-state index contributed by atoms with van der Waals surface area (Å²) in [6.07, 6.45) is 1.54. The van der Waals surface area contributed by atoms with Gasteiger partial charge in [0.25, 0.3) is 0 Å². The Morgan fingerprint density at radius 2 is 2.12 bits per heavy atom. The number of hydrazone groups is 1. The topological polar surface area (TPSA) is 74.5 Å². The summed E-state index contributed by atoms with van der Waals surface area (Å²) in [4.78, 5) is 0.504. The number of phenolic OH excluding ortho intramolecular Hbond substituents is 1. The SMILES string of the molecule is COc1cc(/C=N/N(C)C2=NS(=O)c3c(C)cc(F)cc32)ccc1O. The summed E-state index contributed by atoms with van der Waals surface area (Å²) in [7, 11) is 1.52. The van der Waals surface area contributed by atoms with E-state index in [1.54, 1.807) is 26.1 Å². The van der Waals surface area contributed by atoms with Crippen molar-refractivity contribution in [3.8, 4) is 11.5 Å². The zero-order chi connectivity index (χ0) is 18.1. The lowest BCUT2D eigenvalue weighted by molar-refractivity contribution is 0.373. The van der Waals surface area contributed by atoms with E-state index in [0.29, 0.717) is 33.2 Å². The molecular formula is C17H16FN3O3S. The molecule has 2 aromatic rings. The van der Waals surface area contributed by atoms with E-state index in [0.717, 1.165) is 0 Å². The number of aryl methyl sites for hydroxylation is 1. The standard InChI is InChI=1S/C17H16FN3O3S/c1-10-6-12(18)8-13-16(10)25(23)20-17(13)21(2)19-9-11-4-5-14(22)15(7-11)24-3/h4-9,22H,1-3H3/b19-9+. The maximum Gasteiger partial charge on any atom is 0.175 e. The first-order valence-electron chi connectivity index (χ1n) is 7.36. The Balaban J connectivity index is 1.89. The number of halogens is 1. The normalized spacial score (nSPS) is 16.0. The minimum atomic E-state index is -1.57. The van der Waals surface area contributed by atoms with Gasteiger partial charge in [0.05, 0.1) is 18.2 Å². The maximum atomic E-state index is 13.7. The van der Waals surface area contributed by atoms with Gasteiger partial charge >= 0.3 is 0 Å². The number of fused-ring (bicyclic) bond motifs is 1. The molecule has 25 heavy (non-hydrogen) atoms. The van der Waals surface area contributed by atoms with Gasteiger partial charge in [-0.15, -0.1) is 0 Å². The number of hydrogen-bond donors (Lipinski definition) is 1. The molecule has 0 saturated carbocycles. The Kier molecular flexibility index (Phi) is 4.54. The highest BCUT2D eigenvalue weighted by Crippen LogP contribution is 2.29. The molecule has 0 saturated heterocycles. The van der Waals surface area contributed by atoms with E-state index in [1.807, 2.05) is 0 Å². The molecule has 1 aliphatic rings. The van der Waals surface area contributed by atoms with E-state index in [-0.39, 0.29) is 5.75 Å². The highest BCUT2D eigenvalue weighted by Gasteiger charge is 2.27. The molecule has 2 aromatic carbocycles. The van der Waals surface area contributed by atoms with Crippen LogP contribution in [-0.4, -0.2) is 40.5 Å². The van der Waals surface area contributed by atoms with Gasteiger partial charge in [0, 0.05) is 12.6 Å². The fraction of sp³-hybridized carbons (Fsp3) is 0.176. The number of benzene rings is 2. The molecule has 0 radical (unpaired) electrons. The Morgan fingerprint density at radius 3 is 2.84 bits per heavy atom. The molecule has 130 valence electrons. The van der Waals surface area contributed by atoms with E-state index in [4.69, 9.17) is 4.74 Å². The van der Waals surface area contributed by atoms with E-state index in [1.165, 1.54) is 36.5 Å². The molecule has 1 atom stereocenters. The maximum absolute atomic E-state index is 13.7. The van der Waals surface area contributed by atoms with Gasteiger partial charge in [-0.1, -0.05) is 0 Å². The average molecular weight is 361 g/mol. The molecule has 3 rings (SSSR count). The zero-order valence-corrected chi connectivity index (χ0v) is 14.7. The summed E-state index contributed by atoms with van der Waals surface area (Å²) >= 11 is 0. The fourth-order valence-electron chi connectivity index (χ4n) is 2.52. The van der Waals surface area contributed by atoms with Crippen molar-refractivity contribution in [1.82, 2.24) is 5.01 Å². The van der Waals surface area contributed by atoms with Gasteiger partial charge in [0.15, 0.2) is 28.3 Å². The second-order valence-corrected chi connectivity index (χ2v) is 6.55. The third kappa shape index (κ3) is 3.25. The van der Waals surface area contributed by atoms with Crippen molar-refractivity contribution in [2.24, 2.45) is 9.50 Å². The van der Waals surface area contributed by atoms with E-state index >= 15 is 0 Å². The number of nitrogens with zero attached hydrogens (tertiary/aromatic N) is 3. The third-order valence-corrected chi connectivity index (χ3v) is 4.94. The van der Waals surface area contributed by atoms with E-state index < -0.39 is 16.8 Å². The molecule has 1 heterocycles. The molecule has 1 unspecified atom stereocenters. The van der Waals surface area contributed by atoms with E-state index in [9.17, 15) is 13.7 Å². The molecule has 8 heteroatoms. The smallest absolute Gasteiger partial charge is 0.175 e. The first kappa shape index (κ1) is 17.1. The summed E-state index contributed by atoms with van der Waals surface area (Å²) in [5.41, 5.74) is 1.75. The zero-order valence-electron chi connectivity index (χ0n) is 13.9. The number of methoxy groups -OCH3 is 1. The first-order valence-corrected chi connectivity index (χ1v) is 8.47. The van der Waals surface area contributed by atoms with Gasteiger partial charge in [0.1, 0.15) is 5.82 Å². The van der Waals surface area contributed by atoms with Crippen LogP contribution in [0.5, 0.6) is 11.5 Å². The molecule has 1 aliphatic heterocycles. The lowest BCUT2D eigenvalue weighted by atomic mass is 10.1. The quantitative estimate of drug-likeness (QED) is 0.674. The van der Waals surface area contributed by atoms with Gasteiger partial charge in [-0.3, -0.25) is 0 Å². The predicted octanol–water partition coefficient (Wildman–Crippen LogP) is 2.60. The van der Waals surface area contributed by atoms with Crippen LogP contribution in [0.25, 0.3) is 0 Å². The monoisotopic (exact) mass is 361 g/mol. The molecule has 0 bridgehead atoms. The summed E-state index contributed by atoms with van der Waals surface area (Å²) < 4.78 is 35.0. The number of phenols is 1. The van der Waals surface area contributed by atoms with Crippen molar-refractivity contribution >= 4 is 23.0 Å². The number of aromatic hydroxyl groups is 1. The average Bonchev–Trinajstić information content (AvgIpc) is 2.90. The van der Waals surface area contributed by atoms with Gasteiger partial charge in [0.2, 0.25) is 0 Å². The van der Waals surface area contributed by atoms with Crippen LogP contribution in [0.3, 0.4) is 0 Å². The van der Waals surface area contributed by atoms with Gasteiger partial charge < -0.3 is 9.84 Å². The van der Waals surface area contributed by atoms with Crippen LogP contribution in [0.2, 0.25) is 0 Å². The molecular weight excluding hydrogens is 345 g/mol. The molecule has 0 aliphatic carbocycles. The Morgan fingerprint density at radius 1 is 1.36 bits per heavy atom. The number of amidine groups is 1. The van der Waals surface area contributed by atoms with Gasteiger partial charge in [-0.05, 0) is 48.4 Å². The lowest BCUT2D eigenvalue weighted by Gasteiger charge is -2.13. The predicted molar refractivity (Wildman–Crippen MR) is 94.1 cm³/mol. The van der Waals surface area contributed by atoms with Crippen molar-refractivity contribution in [1.29, 1.82) is 0 Å². The van der Waals surface area contributed by atoms with Crippen molar-refractivity contribution in [3.63, 3.8) is 0 Å². The largest absolute Gasteiger partial charge is 0.504 e. The van der Waals surface area contributed by atoms with Gasteiger partial charge in [-0.25, -0.2) is 13.6 Å². The Labute approximate surface area is 146 Å². The lowest BCUT2D eigenvalue weighted by Crippen LogP contribution is -2.21. The van der Waals surface area contributed by atoms with Crippen LogP contribution >= 0.6 is 0 Å². The van der Waals surface area contributed by atoms with Gasteiger partial charge in [-0.2, -0.15) is 9.50 Å². The minimum absolute atomic E-state index is 0.0310. The van der Waals surface area contributed by atoms with Crippen molar-refractivity contribution in [2.45, 2.75) is 11.8 Å². The summed E-state index contributed by atoms with van der Waals surface area (Å²) in [5.74, 6) is 0.277. The van der Waals surface area contributed by atoms with Crippen LogP contribution in [0, 0.1) is 12.7 Å². The Bertz CT molecular complexity index is 928. The third-order valence-electron chi connectivity index (χ3n) is 3.71. The molecule has 0 aromatic heterocycles. The molecule has 0 amide bonds. The fourth-order valence-corrected chi connectivity index (χ4v) is 3.65. The highest BCUT2D eigenvalue weighted by molar-refractivity contribution is 7.84. The summed E-state index contributed by atoms with van der Waals surface area (Å²) in [6.45, 7) is 1.70. The van der Waals surface area contributed by atoms with Crippen LogP contribution in [0.4, 0.5) is 4.39 Å². The summed E-state index contributed by atoms with van der Waals surface area (Å²) in [5, 5.41) is 15.3. The van der Waals surface area contributed by atoms with Crippen LogP contribution in [0.15, 0.2) is 44.7 Å². The number of hydrogen-bond acceptors (Lipinski definition) is 5.